The molecule has 0 unspecified atom stereocenters. The van der Waals surface area contributed by atoms with Crippen LogP contribution >= 0.6 is 0 Å². The monoisotopic (exact) mass is 623 g/mol. The van der Waals surface area contributed by atoms with E-state index < -0.39 is 20.2 Å². The maximum atomic E-state index is 11.2. The molecule has 2 aromatic carbocycles. The number of hydrogen-bond donors (Lipinski definition) is 2. The fourth-order valence-electron chi connectivity index (χ4n) is 3.70. The summed E-state index contributed by atoms with van der Waals surface area (Å²) in [6.07, 6.45) is 2.76. The zero-order chi connectivity index (χ0) is 23.6. The molecule has 2 heterocycles. The Morgan fingerprint density at radius 2 is 1.58 bits per heavy atom. The molecule has 2 N–H and O–H groups in total. The summed E-state index contributed by atoms with van der Waals surface area (Å²) in [7, 11) is -8.04. The number of rotatable bonds is 9. The Bertz CT molecular complexity index is 1420. The molecule has 0 amide bonds. The van der Waals surface area contributed by atoms with Crippen LogP contribution in [0.2, 0.25) is 0 Å². The summed E-state index contributed by atoms with van der Waals surface area (Å²) in [6, 6.07) is 16.1. The van der Waals surface area contributed by atoms with Crippen LogP contribution in [-0.2, 0) is 26.8 Å². The number of nitrogens with zero attached hydrogens (tertiary/aromatic N) is 2. The van der Waals surface area contributed by atoms with E-state index in [1.165, 1.54) is 8.72 Å². The van der Waals surface area contributed by atoms with Gasteiger partial charge in [0.05, 0.1) is 0 Å². The molecule has 0 saturated heterocycles. The maximum absolute atomic E-state index is 11.2. The van der Waals surface area contributed by atoms with Gasteiger partial charge in [0.25, 0.3) is 0 Å². The average Bonchev–Trinajstić information content (AvgIpc) is 3.25. The third-order valence-electron chi connectivity index (χ3n) is 5.09. The van der Waals surface area contributed by atoms with Crippen LogP contribution in [0.25, 0.3) is 15.9 Å². The first-order chi connectivity index (χ1) is 15.6. The van der Waals surface area contributed by atoms with Crippen molar-refractivity contribution >= 4 is 75.7 Å². The van der Waals surface area contributed by atoms with Crippen molar-refractivity contribution in [3.8, 4) is 0 Å². The Balaban J connectivity index is 1.68. The Kier molecular flexibility index (Phi) is 7.47. The molecule has 1 aliphatic heterocycles. The van der Waals surface area contributed by atoms with E-state index in [1.807, 2.05) is 36.4 Å². The molecular weight excluding hydrogens is 598 g/mol. The van der Waals surface area contributed by atoms with Gasteiger partial charge in [0.2, 0.25) is 0 Å². The van der Waals surface area contributed by atoms with Crippen molar-refractivity contribution in [3.05, 3.63) is 57.7 Å². The number of benzene rings is 2. The number of anilines is 1. The third kappa shape index (κ3) is 6.35. The van der Waals surface area contributed by atoms with Crippen LogP contribution in [0.1, 0.15) is 17.4 Å². The summed E-state index contributed by atoms with van der Waals surface area (Å²) in [5.41, 5.74) is 2.11. The van der Waals surface area contributed by atoms with Crippen LogP contribution in [0, 0.1) is 0 Å². The molecule has 3 aromatic rings. The first-order valence-corrected chi connectivity index (χ1v) is 16.8. The number of aryl methyl sites for hydroxylation is 1. The van der Waals surface area contributed by atoms with E-state index in [2.05, 4.69) is 27.7 Å². The molecule has 1 aliphatic rings. The average molecular weight is 621 g/mol. The van der Waals surface area contributed by atoms with Crippen molar-refractivity contribution in [2.24, 2.45) is 0 Å². The first kappa shape index (κ1) is 24.6. The molecule has 12 heteroatoms. The summed E-state index contributed by atoms with van der Waals surface area (Å²) < 4.78 is 69.8. The Labute approximate surface area is 205 Å². The van der Waals surface area contributed by atoms with E-state index in [9.17, 15) is 16.8 Å². The van der Waals surface area contributed by atoms with Gasteiger partial charge in [-0.1, -0.05) is 0 Å². The quantitative estimate of drug-likeness (QED) is 0.207. The minimum absolute atomic E-state index is 0.0344. The van der Waals surface area contributed by atoms with E-state index in [-0.39, 0.29) is 41.0 Å². The summed E-state index contributed by atoms with van der Waals surface area (Å²) in [6.45, 7) is 0.945. The molecule has 4 rings (SSSR count). The van der Waals surface area contributed by atoms with Crippen LogP contribution in [0.3, 0.4) is 0 Å². The topological polar surface area (TPSA) is 116 Å². The molecule has 0 atom stereocenters. The minimum atomic E-state index is -4.02. The summed E-state index contributed by atoms with van der Waals surface area (Å²) >= 11 is 0.0687. The second kappa shape index (κ2) is 10.0. The van der Waals surface area contributed by atoms with Crippen molar-refractivity contribution in [1.82, 2.24) is 0 Å². The number of para-hydroxylation sites is 2. The van der Waals surface area contributed by atoms with E-state index in [1.54, 1.807) is 0 Å². The summed E-state index contributed by atoms with van der Waals surface area (Å²) in [4.78, 5) is 2.13. The number of hydrogen-bond acceptors (Lipinski definition) is 5. The summed E-state index contributed by atoms with van der Waals surface area (Å²) in [5.74, 6) is -0.584. The predicted molar refractivity (Wildman–Crippen MR) is 130 cm³/mol. The van der Waals surface area contributed by atoms with Crippen molar-refractivity contribution in [2.75, 3.05) is 23.0 Å². The second-order valence-corrected chi connectivity index (χ2v) is 15.1. The van der Waals surface area contributed by atoms with Crippen molar-refractivity contribution < 1.29 is 30.5 Å². The molecule has 0 radical (unpaired) electrons. The van der Waals surface area contributed by atoms with Crippen LogP contribution in [0.5, 0.6) is 0 Å². The van der Waals surface area contributed by atoms with E-state index >= 15 is 0 Å². The standard InChI is InChI=1S/C21H22N2O6S2Se2/c24-30(25,26)13-5-11-22-16-7-1-3-9-18(16)32-20(22)15-21-23(12-6-14-31(27,28)29)17-8-2-4-10-19(17)33-21/h1-4,7-10,15H,5-6,11-14H2,(H-,24,25,26,27,28,29)/p+1. The van der Waals surface area contributed by atoms with Gasteiger partial charge in [-0.05, 0) is 0 Å². The predicted octanol–water partition coefficient (Wildman–Crippen LogP) is 0.888. The number of fused-ring (bicyclic) bond motifs is 2. The molecule has 8 nitrogen and oxygen atoms in total. The fourth-order valence-corrected chi connectivity index (χ4v) is 9.78. The molecule has 33 heavy (non-hydrogen) atoms. The van der Waals surface area contributed by atoms with Crippen molar-refractivity contribution in [2.45, 2.75) is 19.4 Å². The molecule has 1 aromatic heterocycles. The van der Waals surface area contributed by atoms with E-state index in [0.29, 0.717) is 25.9 Å². The Morgan fingerprint density at radius 3 is 2.33 bits per heavy atom. The Morgan fingerprint density at radius 1 is 0.909 bits per heavy atom. The zero-order valence-corrected chi connectivity index (χ0v) is 22.6. The van der Waals surface area contributed by atoms with Gasteiger partial charge in [-0.2, -0.15) is 0 Å². The van der Waals surface area contributed by atoms with Gasteiger partial charge in [-0.15, -0.1) is 0 Å². The molecular formula is C21H23N2O6S2Se2+. The SMILES string of the molecule is O=S(=O)(O)CCCN1C(=Cc2[se]c3ccccc3[n+]2CCCS(=O)(=O)O)[Se]c2ccccc21. The van der Waals surface area contributed by atoms with E-state index in [4.69, 9.17) is 9.11 Å². The van der Waals surface area contributed by atoms with Gasteiger partial charge in [0.15, 0.2) is 0 Å². The van der Waals surface area contributed by atoms with Crippen LogP contribution in [0.15, 0.2) is 53.1 Å². The number of aromatic nitrogens is 1. The molecule has 0 saturated carbocycles. The van der Waals surface area contributed by atoms with Crippen molar-refractivity contribution in [3.63, 3.8) is 0 Å². The van der Waals surface area contributed by atoms with Gasteiger partial charge in [0, 0.05) is 0 Å². The van der Waals surface area contributed by atoms with E-state index in [0.717, 1.165) is 20.4 Å². The Hall–Kier alpha value is -1.49. The molecule has 176 valence electrons. The van der Waals surface area contributed by atoms with Crippen LogP contribution < -0.4 is 13.9 Å². The van der Waals surface area contributed by atoms with Crippen LogP contribution in [-0.4, -0.2) is 73.5 Å². The van der Waals surface area contributed by atoms with Gasteiger partial charge >= 0.3 is 206 Å². The van der Waals surface area contributed by atoms with Gasteiger partial charge in [-0.3, -0.25) is 0 Å². The summed E-state index contributed by atoms with van der Waals surface area (Å²) in [5, 5.41) is 0. The fraction of sp³-hybridized carbons (Fsp3) is 0.286. The normalized spacial score (nSPS) is 15.5. The molecule has 0 spiro atoms. The zero-order valence-electron chi connectivity index (χ0n) is 17.5. The molecule has 0 bridgehead atoms. The van der Waals surface area contributed by atoms with Crippen molar-refractivity contribution in [1.29, 1.82) is 0 Å². The van der Waals surface area contributed by atoms with Gasteiger partial charge in [0.1, 0.15) is 0 Å². The van der Waals surface area contributed by atoms with Gasteiger partial charge in [-0.25, -0.2) is 0 Å². The second-order valence-electron chi connectivity index (χ2n) is 7.54. The van der Waals surface area contributed by atoms with Gasteiger partial charge < -0.3 is 0 Å². The molecule has 0 aliphatic carbocycles. The first-order valence-electron chi connectivity index (χ1n) is 10.2. The third-order valence-corrected chi connectivity index (χ3v) is 11.4. The molecule has 0 fully saturated rings. The van der Waals surface area contributed by atoms with Crippen LogP contribution in [0.4, 0.5) is 5.69 Å².